The maximum Gasteiger partial charge on any atom is 0.0460 e. The van der Waals surface area contributed by atoms with Gasteiger partial charge in [-0.1, -0.05) is 25.1 Å². The summed E-state index contributed by atoms with van der Waals surface area (Å²) in [6.45, 7) is 9.49. The van der Waals surface area contributed by atoms with Crippen LogP contribution < -0.4 is 4.90 Å². The molecule has 0 spiro atoms. The molecule has 4 nitrogen and oxygen atoms in total. The number of piperidine rings is 1. The molecule has 0 atom stereocenters. The number of piperazine rings is 1. The number of hydrogen-bond donors (Lipinski definition) is 1. The topological polar surface area (TPSA) is 30.0 Å². The van der Waals surface area contributed by atoms with Crippen molar-refractivity contribution in [3.8, 4) is 0 Å². The third-order valence-corrected chi connectivity index (χ3v) is 5.00. The Morgan fingerprint density at radius 3 is 1.88 bits per heavy atom. The minimum atomic E-state index is 0. The van der Waals surface area contributed by atoms with E-state index in [1.54, 1.807) is 0 Å². The van der Waals surface area contributed by atoms with E-state index in [0.717, 1.165) is 26.2 Å². The van der Waals surface area contributed by atoms with Crippen molar-refractivity contribution in [1.29, 1.82) is 0 Å². The van der Waals surface area contributed by atoms with Crippen molar-refractivity contribution in [1.82, 2.24) is 9.80 Å². The summed E-state index contributed by atoms with van der Waals surface area (Å²) in [5.74, 6) is 0.584. The molecule has 0 amide bonds. The highest BCUT2D eigenvalue weighted by Crippen LogP contribution is 2.16. The molecule has 0 aliphatic carbocycles. The quantitative estimate of drug-likeness (QED) is 0.900. The van der Waals surface area contributed by atoms with E-state index in [4.69, 9.17) is 5.11 Å². The van der Waals surface area contributed by atoms with Crippen LogP contribution in [0.3, 0.4) is 0 Å². The summed E-state index contributed by atoms with van der Waals surface area (Å²) in [5, 5.41) is 8.76. The second-order valence-corrected chi connectivity index (χ2v) is 7.06. The maximum atomic E-state index is 8.76. The molecular formula is C20H37N3O. The number of aryl methyl sites for hydroxylation is 1. The van der Waals surface area contributed by atoms with Gasteiger partial charge < -0.3 is 19.8 Å². The Labute approximate surface area is 149 Å². The Bertz CT molecular complexity index is 433. The summed E-state index contributed by atoms with van der Waals surface area (Å²) in [7, 11) is 4.32. The molecular weight excluding hydrogens is 298 g/mol. The molecule has 2 heterocycles. The number of likely N-dealkylation sites (tertiary alicyclic amines) is 1. The average molecular weight is 336 g/mol. The molecule has 24 heavy (non-hydrogen) atoms. The van der Waals surface area contributed by atoms with Crippen LogP contribution >= 0.6 is 0 Å². The second kappa shape index (κ2) is 10.7. The van der Waals surface area contributed by atoms with E-state index in [1.807, 2.05) is 0 Å². The molecule has 0 aromatic heterocycles. The third kappa shape index (κ3) is 6.80. The second-order valence-electron chi connectivity index (χ2n) is 7.06. The zero-order valence-corrected chi connectivity index (χ0v) is 15.0. The van der Waals surface area contributed by atoms with Crippen LogP contribution in [0.15, 0.2) is 24.3 Å². The zero-order valence-electron chi connectivity index (χ0n) is 15.0. The van der Waals surface area contributed by atoms with Gasteiger partial charge in [-0.05, 0) is 65.0 Å². The predicted molar refractivity (Wildman–Crippen MR) is 105 cm³/mol. The molecule has 4 heteroatoms. The summed E-state index contributed by atoms with van der Waals surface area (Å²) in [6.07, 6.45) is 2.35. The Morgan fingerprint density at radius 1 is 0.875 bits per heavy atom. The smallest absolute Gasteiger partial charge is 0.0460 e. The first kappa shape index (κ1) is 20.9. The van der Waals surface area contributed by atoms with E-state index < -0.39 is 0 Å². The van der Waals surface area contributed by atoms with Gasteiger partial charge in [0.05, 0.1) is 0 Å². The van der Waals surface area contributed by atoms with Crippen LogP contribution in [0.25, 0.3) is 0 Å². The zero-order chi connectivity index (χ0) is 16.7. The largest absolute Gasteiger partial charge is 0.396 e. The molecule has 0 saturated carbocycles. The van der Waals surface area contributed by atoms with Gasteiger partial charge in [0, 0.05) is 38.5 Å². The molecule has 0 bridgehead atoms. The van der Waals surface area contributed by atoms with E-state index in [9.17, 15) is 0 Å². The van der Waals surface area contributed by atoms with Gasteiger partial charge in [-0.2, -0.15) is 0 Å². The SMILES string of the molecule is C.CN1CCC(CO)CC1.Cc1ccc(N2CCN(C)CC2)cc1. The van der Waals surface area contributed by atoms with Crippen LogP contribution in [-0.4, -0.2) is 74.9 Å². The maximum absolute atomic E-state index is 8.76. The average Bonchev–Trinajstić information content (AvgIpc) is 2.58. The van der Waals surface area contributed by atoms with Crippen LogP contribution in [0.1, 0.15) is 25.8 Å². The fraction of sp³-hybridized carbons (Fsp3) is 0.700. The monoisotopic (exact) mass is 335 g/mol. The first-order valence-corrected chi connectivity index (χ1v) is 8.88. The van der Waals surface area contributed by atoms with Gasteiger partial charge in [0.15, 0.2) is 0 Å². The molecule has 1 aromatic rings. The molecule has 0 unspecified atom stereocenters. The van der Waals surface area contributed by atoms with Crippen molar-refractivity contribution < 1.29 is 5.11 Å². The van der Waals surface area contributed by atoms with E-state index in [2.05, 4.69) is 60.0 Å². The lowest BCUT2D eigenvalue weighted by Gasteiger charge is -2.34. The van der Waals surface area contributed by atoms with Crippen molar-refractivity contribution in [2.75, 3.05) is 64.9 Å². The van der Waals surface area contributed by atoms with Crippen LogP contribution in [0.2, 0.25) is 0 Å². The Kier molecular flexibility index (Phi) is 9.34. The molecule has 1 N–H and O–H groups in total. The van der Waals surface area contributed by atoms with E-state index in [1.165, 1.54) is 37.2 Å². The van der Waals surface area contributed by atoms with Crippen molar-refractivity contribution in [3.63, 3.8) is 0 Å². The Hall–Kier alpha value is -1.10. The van der Waals surface area contributed by atoms with Crippen molar-refractivity contribution in [2.24, 2.45) is 5.92 Å². The molecule has 3 rings (SSSR count). The number of nitrogens with zero attached hydrogens (tertiary/aromatic N) is 3. The number of hydrogen-bond acceptors (Lipinski definition) is 4. The fourth-order valence-corrected chi connectivity index (χ4v) is 3.06. The first-order chi connectivity index (χ1) is 11.1. The van der Waals surface area contributed by atoms with Crippen LogP contribution in [0.5, 0.6) is 0 Å². The number of aliphatic hydroxyl groups is 1. The highest BCUT2D eigenvalue weighted by Gasteiger charge is 2.15. The summed E-state index contributed by atoms with van der Waals surface area (Å²) < 4.78 is 0. The van der Waals surface area contributed by atoms with Gasteiger partial charge in [-0.3, -0.25) is 0 Å². The molecule has 2 fully saturated rings. The van der Waals surface area contributed by atoms with Crippen LogP contribution in [0.4, 0.5) is 5.69 Å². The normalized spacial score (nSPS) is 20.1. The Morgan fingerprint density at radius 2 is 1.38 bits per heavy atom. The molecule has 2 aliphatic heterocycles. The Balaban J connectivity index is 0.000000252. The molecule has 138 valence electrons. The number of benzene rings is 1. The number of likely N-dealkylation sites (N-methyl/N-ethyl adjacent to an activating group) is 1. The van der Waals surface area contributed by atoms with Crippen molar-refractivity contribution in [2.45, 2.75) is 27.2 Å². The first-order valence-electron chi connectivity index (χ1n) is 8.88. The van der Waals surface area contributed by atoms with Gasteiger partial charge in [0.1, 0.15) is 0 Å². The van der Waals surface area contributed by atoms with Gasteiger partial charge >= 0.3 is 0 Å². The lowest BCUT2D eigenvalue weighted by Crippen LogP contribution is -2.44. The summed E-state index contributed by atoms with van der Waals surface area (Å²) in [5.41, 5.74) is 2.70. The van der Waals surface area contributed by atoms with Crippen molar-refractivity contribution >= 4 is 5.69 Å². The van der Waals surface area contributed by atoms with Crippen molar-refractivity contribution in [3.05, 3.63) is 29.8 Å². The van der Waals surface area contributed by atoms with Crippen LogP contribution in [-0.2, 0) is 0 Å². The lowest BCUT2D eigenvalue weighted by atomic mass is 9.98. The van der Waals surface area contributed by atoms with E-state index in [-0.39, 0.29) is 7.43 Å². The number of rotatable bonds is 2. The molecule has 2 aliphatic rings. The fourth-order valence-electron chi connectivity index (χ4n) is 3.06. The lowest BCUT2D eigenvalue weighted by molar-refractivity contribution is 0.148. The number of aliphatic hydroxyl groups excluding tert-OH is 1. The van der Waals surface area contributed by atoms with E-state index in [0.29, 0.717) is 12.5 Å². The standard InChI is InChI=1S/C12H18N2.C7H15NO.CH4/c1-11-3-5-12(6-4-11)14-9-7-13(2)8-10-14;1-8-4-2-7(6-9)3-5-8;/h3-6H,7-10H2,1-2H3;7,9H,2-6H2,1H3;1H4. The van der Waals surface area contributed by atoms with Crippen LogP contribution in [0, 0.1) is 12.8 Å². The summed E-state index contributed by atoms with van der Waals surface area (Å²) >= 11 is 0. The highest BCUT2D eigenvalue weighted by molar-refractivity contribution is 5.47. The molecule has 2 saturated heterocycles. The summed E-state index contributed by atoms with van der Waals surface area (Å²) in [4.78, 5) is 7.15. The minimum absolute atomic E-state index is 0. The third-order valence-electron chi connectivity index (χ3n) is 5.00. The minimum Gasteiger partial charge on any atom is -0.396 e. The molecule has 0 radical (unpaired) electrons. The summed E-state index contributed by atoms with van der Waals surface area (Å²) in [6, 6.07) is 8.82. The predicted octanol–water partition coefficient (Wildman–Crippen LogP) is 2.70. The van der Waals surface area contributed by atoms with Gasteiger partial charge in [0.25, 0.3) is 0 Å². The van der Waals surface area contributed by atoms with Gasteiger partial charge in [0.2, 0.25) is 0 Å². The highest BCUT2D eigenvalue weighted by atomic mass is 16.3. The molecule has 1 aromatic carbocycles. The number of anilines is 1. The van der Waals surface area contributed by atoms with Gasteiger partial charge in [-0.25, -0.2) is 0 Å². The van der Waals surface area contributed by atoms with E-state index >= 15 is 0 Å². The van der Waals surface area contributed by atoms with Gasteiger partial charge in [-0.15, -0.1) is 0 Å².